The van der Waals surface area contributed by atoms with Crippen molar-refractivity contribution >= 4 is 57.4 Å². The molecule has 5 aromatic rings. The molecular weight excluding hydrogens is 705 g/mol. The topological polar surface area (TPSA) is 107 Å². The van der Waals surface area contributed by atoms with Crippen LogP contribution in [-0.2, 0) is 31.0 Å². The quantitative estimate of drug-likeness (QED) is 0.135. The van der Waals surface area contributed by atoms with E-state index in [4.69, 9.17) is 11.6 Å². The van der Waals surface area contributed by atoms with Crippen LogP contribution in [0.15, 0.2) is 121 Å². The second-order valence-electron chi connectivity index (χ2n) is 14.6. The Hall–Kier alpha value is -5.80. The predicted octanol–water partition coefficient (Wildman–Crippen LogP) is 8.09. The lowest BCUT2D eigenvalue weighted by Gasteiger charge is -2.51. The van der Waals surface area contributed by atoms with Crippen molar-refractivity contribution in [3.05, 3.63) is 148 Å². The summed E-state index contributed by atoms with van der Waals surface area (Å²) in [5, 5.41) is 14.9. The van der Waals surface area contributed by atoms with E-state index in [1.54, 1.807) is 48.5 Å². The standard InChI is InChI=1S/C44H35ClFN3O5/c1-2-24-7-18-30(19-8-24)48-40(51)33-21-20-32-34(37(33)42(48)53)23-35-41(52)49(47-29-16-14-28(46)15-17-29)43(54)44(35,26-10-12-27(45)13-11-26)39(32)38-31-6-4-3-5-25(31)9-22-36(38)50/h3-20,22,33-35,37,39,47,50H,2,21,23H2,1H3/t33-,34+,35-,37-,39+,44+/m0/s1. The molecule has 0 bridgehead atoms. The van der Waals surface area contributed by atoms with Crippen molar-refractivity contribution in [1.29, 1.82) is 0 Å². The molecule has 5 aromatic carbocycles. The third kappa shape index (κ3) is 4.87. The van der Waals surface area contributed by atoms with Crippen LogP contribution in [-0.4, -0.2) is 33.7 Å². The van der Waals surface area contributed by atoms with Gasteiger partial charge in [0.15, 0.2) is 0 Å². The smallest absolute Gasteiger partial charge is 0.260 e. The second kappa shape index (κ2) is 12.7. The fraction of sp³-hybridized carbons (Fsp3) is 0.227. The Morgan fingerprint density at radius 3 is 2.28 bits per heavy atom. The number of phenols is 1. The molecule has 2 saturated heterocycles. The van der Waals surface area contributed by atoms with Crippen molar-refractivity contribution in [3.63, 3.8) is 0 Å². The highest BCUT2D eigenvalue weighted by molar-refractivity contribution is 6.30. The molecule has 2 aliphatic carbocycles. The average Bonchev–Trinajstić information content (AvgIpc) is 3.57. The highest BCUT2D eigenvalue weighted by Gasteiger charge is 2.71. The first-order valence-electron chi connectivity index (χ1n) is 18.2. The van der Waals surface area contributed by atoms with E-state index in [1.165, 1.54) is 29.2 Å². The molecule has 2 heterocycles. The van der Waals surface area contributed by atoms with Crippen molar-refractivity contribution in [2.24, 2.45) is 23.7 Å². The van der Waals surface area contributed by atoms with E-state index < -0.39 is 52.6 Å². The van der Waals surface area contributed by atoms with Crippen LogP contribution in [0, 0.1) is 29.5 Å². The maximum Gasteiger partial charge on any atom is 0.260 e. The van der Waals surface area contributed by atoms with Crippen LogP contribution >= 0.6 is 11.6 Å². The predicted molar refractivity (Wildman–Crippen MR) is 203 cm³/mol. The Bertz CT molecular complexity index is 2410. The molecule has 4 amide bonds. The van der Waals surface area contributed by atoms with E-state index in [1.807, 2.05) is 49.4 Å². The first-order valence-corrected chi connectivity index (χ1v) is 18.5. The van der Waals surface area contributed by atoms with Gasteiger partial charge in [-0.15, -0.1) is 0 Å². The van der Waals surface area contributed by atoms with Gasteiger partial charge in [-0.3, -0.25) is 29.5 Å². The SMILES string of the molecule is CCc1ccc(N2C(=O)[C@H]3[C@H](CC=C4[C@H]3C[C@H]3C(=O)N(Nc5ccc(F)cc5)C(=O)[C@@]3(c3ccc(Cl)cc3)[C@H]4c3c(O)ccc4ccccc34)C2=O)cc1. The summed E-state index contributed by atoms with van der Waals surface area (Å²) in [5.74, 6) is -6.33. The number of hydrazine groups is 1. The molecule has 4 aliphatic rings. The lowest BCUT2D eigenvalue weighted by Crippen LogP contribution is -2.53. The second-order valence-corrected chi connectivity index (χ2v) is 15.1. The van der Waals surface area contributed by atoms with Gasteiger partial charge in [-0.2, -0.15) is 5.01 Å². The monoisotopic (exact) mass is 739 g/mol. The van der Waals surface area contributed by atoms with Crippen LogP contribution in [0.4, 0.5) is 15.8 Å². The van der Waals surface area contributed by atoms with Crippen LogP contribution in [0.1, 0.15) is 42.4 Å². The lowest BCUT2D eigenvalue weighted by atomic mass is 9.48. The summed E-state index contributed by atoms with van der Waals surface area (Å²) in [5.41, 5.74) is 4.94. The summed E-state index contributed by atoms with van der Waals surface area (Å²) >= 11 is 6.41. The third-order valence-corrected chi connectivity index (χ3v) is 12.3. The number of aromatic hydroxyl groups is 1. The van der Waals surface area contributed by atoms with E-state index in [9.17, 15) is 23.9 Å². The van der Waals surface area contributed by atoms with Crippen LogP contribution in [0.25, 0.3) is 10.8 Å². The number of hydrogen-bond acceptors (Lipinski definition) is 6. The summed E-state index contributed by atoms with van der Waals surface area (Å²) in [7, 11) is 0. The Kier molecular flexibility index (Phi) is 7.97. The lowest BCUT2D eigenvalue weighted by molar-refractivity contribution is -0.138. The molecule has 0 unspecified atom stereocenters. The number of imide groups is 2. The van der Waals surface area contributed by atoms with Crippen molar-refractivity contribution in [1.82, 2.24) is 5.01 Å². The minimum Gasteiger partial charge on any atom is -0.508 e. The molecule has 10 heteroatoms. The van der Waals surface area contributed by atoms with E-state index >= 15 is 4.79 Å². The van der Waals surface area contributed by atoms with E-state index in [-0.39, 0.29) is 30.4 Å². The minimum atomic E-state index is -1.62. The Balaban J connectivity index is 1.27. The number of halogens is 2. The van der Waals surface area contributed by atoms with Crippen molar-refractivity contribution in [2.75, 3.05) is 10.3 Å². The normalized spacial score (nSPS) is 26.1. The molecule has 0 aromatic heterocycles. The Morgan fingerprint density at radius 2 is 1.56 bits per heavy atom. The fourth-order valence-electron chi connectivity index (χ4n) is 9.69. The van der Waals surface area contributed by atoms with Gasteiger partial charge in [0.25, 0.3) is 11.8 Å². The van der Waals surface area contributed by atoms with Crippen LogP contribution in [0.2, 0.25) is 5.02 Å². The number of benzene rings is 5. The zero-order valence-electron chi connectivity index (χ0n) is 29.2. The molecule has 3 fully saturated rings. The summed E-state index contributed by atoms with van der Waals surface area (Å²) < 4.78 is 13.9. The number of aryl methyl sites for hydroxylation is 1. The number of rotatable bonds is 6. The number of nitrogens with one attached hydrogen (secondary N) is 1. The van der Waals surface area contributed by atoms with Crippen LogP contribution < -0.4 is 10.3 Å². The molecule has 1 saturated carbocycles. The van der Waals surface area contributed by atoms with Gasteiger partial charge in [0, 0.05) is 16.5 Å². The molecular formula is C44H35ClFN3O5. The highest BCUT2D eigenvalue weighted by atomic mass is 35.5. The van der Waals surface area contributed by atoms with Crippen LogP contribution in [0.3, 0.4) is 0 Å². The van der Waals surface area contributed by atoms with Crippen molar-refractivity contribution in [2.45, 2.75) is 37.5 Å². The van der Waals surface area contributed by atoms with Gasteiger partial charge in [-0.25, -0.2) is 4.39 Å². The summed E-state index contributed by atoms with van der Waals surface area (Å²) in [6.07, 6.45) is 3.11. The largest absolute Gasteiger partial charge is 0.508 e. The maximum absolute atomic E-state index is 15.5. The Labute approximate surface area is 315 Å². The number of amides is 4. The van der Waals surface area contributed by atoms with Gasteiger partial charge in [0.1, 0.15) is 11.6 Å². The molecule has 8 nitrogen and oxygen atoms in total. The number of nitrogens with zero attached hydrogens (tertiary/aromatic N) is 2. The number of phenolic OH excluding ortho intramolecular Hbond substituents is 1. The highest BCUT2D eigenvalue weighted by Crippen LogP contribution is 2.65. The van der Waals surface area contributed by atoms with Gasteiger partial charge in [0.2, 0.25) is 11.8 Å². The first-order chi connectivity index (χ1) is 26.1. The first kappa shape index (κ1) is 34.0. The zero-order chi connectivity index (χ0) is 37.5. The van der Waals surface area contributed by atoms with E-state index in [0.717, 1.165) is 28.0 Å². The van der Waals surface area contributed by atoms with E-state index in [2.05, 4.69) is 5.43 Å². The number of hydrogen-bond donors (Lipinski definition) is 2. The van der Waals surface area contributed by atoms with Crippen molar-refractivity contribution < 1.29 is 28.7 Å². The van der Waals surface area contributed by atoms with Crippen LogP contribution in [0.5, 0.6) is 5.75 Å². The Morgan fingerprint density at radius 1 is 0.833 bits per heavy atom. The van der Waals surface area contributed by atoms with Gasteiger partial charge >= 0.3 is 0 Å². The number of allylic oxidation sites excluding steroid dienone is 2. The summed E-state index contributed by atoms with van der Waals surface area (Å²) in [4.78, 5) is 60.5. The summed E-state index contributed by atoms with van der Waals surface area (Å²) in [6, 6.07) is 30.5. The molecule has 270 valence electrons. The molecule has 54 heavy (non-hydrogen) atoms. The third-order valence-electron chi connectivity index (χ3n) is 12.1. The molecule has 9 rings (SSSR count). The summed E-state index contributed by atoms with van der Waals surface area (Å²) in [6.45, 7) is 2.03. The van der Waals surface area contributed by atoms with Gasteiger partial charge in [0.05, 0.1) is 34.5 Å². The van der Waals surface area contributed by atoms with Gasteiger partial charge in [-0.1, -0.05) is 84.8 Å². The minimum absolute atomic E-state index is 0.0638. The fourth-order valence-corrected chi connectivity index (χ4v) is 9.82. The number of carbonyl (C=O) groups is 4. The molecule has 2 N–H and O–H groups in total. The molecule has 0 spiro atoms. The van der Waals surface area contributed by atoms with Crippen molar-refractivity contribution in [3.8, 4) is 5.75 Å². The maximum atomic E-state index is 15.5. The number of fused-ring (bicyclic) bond motifs is 5. The zero-order valence-corrected chi connectivity index (χ0v) is 30.0. The average molecular weight is 740 g/mol. The van der Waals surface area contributed by atoms with E-state index in [0.29, 0.717) is 32.9 Å². The molecule has 0 radical (unpaired) electrons. The van der Waals surface area contributed by atoms with Gasteiger partial charge in [-0.05, 0) is 102 Å². The number of carbonyl (C=O) groups excluding carboxylic acids is 4. The molecule has 2 aliphatic heterocycles. The number of anilines is 2. The van der Waals surface area contributed by atoms with Gasteiger partial charge < -0.3 is 5.11 Å². The molecule has 6 atom stereocenters.